The number of benzene rings is 1. The number of nitrogens with one attached hydrogen (secondary N) is 1. The summed E-state index contributed by atoms with van der Waals surface area (Å²) in [7, 11) is 0. The van der Waals surface area contributed by atoms with Crippen molar-refractivity contribution in [3.63, 3.8) is 0 Å². The molecule has 0 radical (unpaired) electrons. The number of carbonyl (C=O) groups is 1. The van der Waals surface area contributed by atoms with E-state index in [4.69, 9.17) is 5.73 Å². The molecule has 0 aromatic heterocycles. The molecule has 1 aromatic rings. The maximum Gasteiger partial charge on any atom is 0.239 e. The lowest BCUT2D eigenvalue weighted by atomic mass is 10.0. The highest BCUT2D eigenvalue weighted by atomic mass is 79.9. The van der Waals surface area contributed by atoms with Gasteiger partial charge in [0.2, 0.25) is 5.91 Å². The Balaban J connectivity index is 2.17. The third kappa shape index (κ3) is 3.07. The van der Waals surface area contributed by atoms with E-state index in [0.717, 1.165) is 22.9 Å². The van der Waals surface area contributed by atoms with Gasteiger partial charge in [-0.05, 0) is 24.5 Å². The predicted molar refractivity (Wildman–Crippen MR) is 71.5 cm³/mol. The van der Waals surface area contributed by atoms with E-state index in [0.29, 0.717) is 6.04 Å². The number of primary amides is 1. The molecular formula is C13H17BrN2O. The number of amides is 1. The zero-order chi connectivity index (χ0) is 12.3. The van der Waals surface area contributed by atoms with E-state index in [1.165, 1.54) is 12.8 Å². The topological polar surface area (TPSA) is 55.1 Å². The van der Waals surface area contributed by atoms with E-state index >= 15 is 0 Å². The highest BCUT2D eigenvalue weighted by molar-refractivity contribution is 9.10. The van der Waals surface area contributed by atoms with Gasteiger partial charge in [0.1, 0.15) is 6.04 Å². The van der Waals surface area contributed by atoms with Crippen molar-refractivity contribution in [3.8, 4) is 0 Å². The summed E-state index contributed by atoms with van der Waals surface area (Å²) in [5, 5.41) is 3.37. The van der Waals surface area contributed by atoms with Gasteiger partial charge in [-0.3, -0.25) is 10.1 Å². The minimum atomic E-state index is -0.395. The zero-order valence-electron chi connectivity index (χ0n) is 9.66. The fraction of sp³-hybridized carbons (Fsp3) is 0.462. The SMILES string of the molecule is NC(=O)C(NC1CCCC1)c1ccccc1Br. The lowest BCUT2D eigenvalue weighted by Crippen LogP contribution is -2.39. The largest absolute Gasteiger partial charge is 0.368 e. The summed E-state index contributed by atoms with van der Waals surface area (Å²) in [4.78, 5) is 11.6. The molecule has 1 saturated carbocycles. The lowest BCUT2D eigenvalue weighted by Gasteiger charge is -2.21. The highest BCUT2D eigenvalue weighted by Crippen LogP contribution is 2.26. The third-order valence-corrected chi connectivity index (χ3v) is 3.98. The van der Waals surface area contributed by atoms with Crippen molar-refractivity contribution in [2.45, 2.75) is 37.8 Å². The van der Waals surface area contributed by atoms with Gasteiger partial charge < -0.3 is 5.73 Å². The fourth-order valence-electron chi connectivity index (χ4n) is 2.36. The van der Waals surface area contributed by atoms with Crippen LogP contribution in [0.15, 0.2) is 28.7 Å². The van der Waals surface area contributed by atoms with Crippen molar-refractivity contribution in [3.05, 3.63) is 34.3 Å². The van der Waals surface area contributed by atoms with Gasteiger partial charge >= 0.3 is 0 Å². The molecular weight excluding hydrogens is 280 g/mol. The maximum absolute atomic E-state index is 11.6. The van der Waals surface area contributed by atoms with Gasteiger partial charge in [0.25, 0.3) is 0 Å². The minimum Gasteiger partial charge on any atom is -0.368 e. The Kier molecular flexibility index (Phi) is 4.18. The van der Waals surface area contributed by atoms with E-state index in [1.54, 1.807) is 0 Å². The van der Waals surface area contributed by atoms with Crippen LogP contribution in [-0.4, -0.2) is 11.9 Å². The normalized spacial score (nSPS) is 18.2. The summed E-state index contributed by atoms with van der Waals surface area (Å²) in [6.07, 6.45) is 4.74. The van der Waals surface area contributed by atoms with Crippen LogP contribution in [0.25, 0.3) is 0 Å². The van der Waals surface area contributed by atoms with Crippen molar-refractivity contribution >= 4 is 21.8 Å². The molecule has 1 aliphatic rings. The number of hydrogen-bond donors (Lipinski definition) is 2. The first kappa shape index (κ1) is 12.6. The number of nitrogens with two attached hydrogens (primary N) is 1. The van der Waals surface area contributed by atoms with Crippen molar-refractivity contribution in [1.29, 1.82) is 0 Å². The van der Waals surface area contributed by atoms with Crippen molar-refractivity contribution in [1.82, 2.24) is 5.32 Å². The van der Waals surface area contributed by atoms with Crippen molar-refractivity contribution in [2.24, 2.45) is 5.73 Å². The van der Waals surface area contributed by atoms with E-state index in [2.05, 4.69) is 21.2 Å². The van der Waals surface area contributed by atoms with Gasteiger partial charge in [0.15, 0.2) is 0 Å². The monoisotopic (exact) mass is 296 g/mol. The van der Waals surface area contributed by atoms with Gasteiger partial charge in [0, 0.05) is 10.5 Å². The summed E-state index contributed by atoms with van der Waals surface area (Å²) in [6.45, 7) is 0. The van der Waals surface area contributed by atoms with Gasteiger partial charge in [-0.1, -0.05) is 47.0 Å². The Hall–Kier alpha value is -0.870. The molecule has 1 amide bonds. The second-order valence-corrected chi connectivity index (χ2v) is 5.36. The molecule has 3 nitrogen and oxygen atoms in total. The number of hydrogen-bond acceptors (Lipinski definition) is 2. The molecule has 0 saturated heterocycles. The van der Waals surface area contributed by atoms with Crippen LogP contribution >= 0.6 is 15.9 Å². The van der Waals surface area contributed by atoms with Gasteiger partial charge in [-0.2, -0.15) is 0 Å². The smallest absolute Gasteiger partial charge is 0.239 e. The first-order valence-corrected chi connectivity index (χ1v) is 6.77. The van der Waals surface area contributed by atoms with E-state index in [9.17, 15) is 4.79 Å². The van der Waals surface area contributed by atoms with Gasteiger partial charge in [0.05, 0.1) is 0 Å². The molecule has 0 spiro atoms. The number of halogens is 1. The minimum absolute atomic E-state index is 0.316. The molecule has 1 unspecified atom stereocenters. The average Bonchev–Trinajstić information content (AvgIpc) is 2.79. The van der Waals surface area contributed by atoms with Crippen LogP contribution in [0.5, 0.6) is 0 Å². The molecule has 92 valence electrons. The zero-order valence-corrected chi connectivity index (χ0v) is 11.2. The molecule has 1 fully saturated rings. The Morgan fingerprint density at radius 3 is 2.59 bits per heavy atom. The molecule has 1 atom stereocenters. The van der Waals surface area contributed by atoms with Crippen LogP contribution in [-0.2, 0) is 4.79 Å². The highest BCUT2D eigenvalue weighted by Gasteiger charge is 2.25. The Morgan fingerprint density at radius 2 is 2.00 bits per heavy atom. The quantitative estimate of drug-likeness (QED) is 0.897. The Labute approximate surface area is 110 Å². The van der Waals surface area contributed by atoms with Crippen LogP contribution < -0.4 is 11.1 Å². The van der Waals surface area contributed by atoms with Gasteiger partial charge in [-0.25, -0.2) is 0 Å². The van der Waals surface area contributed by atoms with E-state index in [-0.39, 0.29) is 5.91 Å². The molecule has 0 bridgehead atoms. The molecule has 4 heteroatoms. The van der Waals surface area contributed by atoms with Crippen LogP contribution in [0, 0.1) is 0 Å². The Bertz CT molecular complexity index is 402. The first-order chi connectivity index (χ1) is 8.18. The van der Waals surface area contributed by atoms with Crippen LogP contribution in [0.3, 0.4) is 0 Å². The summed E-state index contributed by atoms with van der Waals surface area (Å²) >= 11 is 3.47. The molecule has 0 heterocycles. The molecule has 3 N–H and O–H groups in total. The molecule has 17 heavy (non-hydrogen) atoms. The van der Waals surface area contributed by atoms with Crippen molar-refractivity contribution < 1.29 is 4.79 Å². The lowest BCUT2D eigenvalue weighted by molar-refractivity contribution is -0.120. The van der Waals surface area contributed by atoms with E-state index < -0.39 is 6.04 Å². The summed E-state index contributed by atoms with van der Waals surface area (Å²) in [5.74, 6) is -0.316. The van der Waals surface area contributed by atoms with E-state index in [1.807, 2.05) is 24.3 Å². The van der Waals surface area contributed by atoms with Gasteiger partial charge in [-0.15, -0.1) is 0 Å². The molecule has 0 aliphatic heterocycles. The molecule has 1 aliphatic carbocycles. The predicted octanol–water partition coefficient (Wildman–Crippen LogP) is 2.51. The van der Waals surface area contributed by atoms with Crippen LogP contribution in [0.1, 0.15) is 37.3 Å². The third-order valence-electron chi connectivity index (χ3n) is 3.26. The summed E-state index contributed by atoms with van der Waals surface area (Å²) < 4.78 is 0.925. The standard InChI is InChI=1S/C13H17BrN2O/c14-11-8-4-3-7-10(11)12(13(15)17)16-9-5-1-2-6-9/h3-4,7-9,12,16H,1-2,5-6H2,(H2,15,17). The maximum atomic E-state index is 11.6. The van der Waals surface area contributed by atoms with Crippen molar-refractivity contribution in [2.75, 3.05) is 0 Å². The second-order valence-electron chi connectivity index (χ2n) is 4.50. The number of rotatable bonds is 4. The second kappa shape index (κ2) is 5.65. The summed E-state index contributed by atoms with van der Waals surface area (Å²) in [5.41, 5.74) is 6.42. The molecule has 1 aromatic carbocycles. The Morgan fingerprint density at radius 1 is 1.35 bits per heavy atom. The average molecular weight is 297 g/mol. The molecule has 2 rings (SSSR count). The van der Waals surface area contributed by atoms with Crippen LogP contribution in [0.2, 0.25) is 0 Å². The fourth-order valence-corrected chi connectivity index (χ4v) is 2.88. The van der Waals surface area contributed by atoms with Crippen LogP contribution in [0.4, 0.5) is 0 Å². The summed E-state index contributed by atoms with van der Waals surface area (Å²) in [6, 6.07) is 7.74. The number of carbonyl (C=O) groups excluding carboxylic acids is 1. The first-order valence-electron chi connectivity index (χ1n) is 5.98.